The Morgan fingerprint density at radius 1 is 0.774 bits per heavy atom. The van der Waals surface area contributed by atoms with Crippen molar-refractivity contribution in [3.05, 3.63) is 102 Å². The van der Waals surface area contributed by atoms with Gasteiger partial charge in [-0.05, 0) is 66.7 Å². The van der Waals surface area contributed by atoms with E-state index < -0.39 is 16.2 Å². The Bertz CT molecular complexity index is 1060. The Hall–Kier alpha value is -2.69. The highest BCUT2D eigenvalue weighted by Gasteiger charge is 2.18. The standard InChI is InChI=1S/C27H30O3S/c1-4-5-16-26(22-17-19-25(20-18-22)31(28,29)30-21(2)3)27(23-12-8-6-9-13-23)24-14-10-7-11-15-24/h6-15,17-21H,4-5,16H2,1-3H3. The minimum atomic E-state index is -3.76. The van der Waals surface area contributed by atoms with Crippen molar-refractivity contribution in [2.45, 2.75) is 51.0 Å². The molecule has 0 unspecified atom stereocenters. The molecule has 4 heteroatoms. The van der Waals surface area contributed by atoms with Crippen LogP contribution in [0.15, 0.2) is 89.8 Å². The van der Waals surface area contributed by atoms with Crippen LogP contribution in [0.2, 0.25) is 0 Å². The molecule has 0 spiro atoms. The molecule has 0 bridgehead atoms. The molecule has 0 saturated heterocycles. The molecule has 0 saturated carbocycles. The molecule has 3 aromatic rings. The molecule has 0 aliphatic rings. The predicted octanol–water partition coefficient (Wildman–Crippen LogP) is 6.95. The molecule has 0 radical (unpaired) electrons. The lowest BCUT2D eigenvalue weighted by Crippen LogP contribution is -2.12. The number of rotatable bonds is 9. The monoisotopic (exact) mass is 434 g/mol. The lowest BCUT2D eigenvalue weighted by atomic mass is 9.87. The van der Waals surface area contributed by atoms with Crippen molar-refractivity contribution < 1.29 is 12.6 Å². The second-order valence-corrected chi connectivity index (χ2v) is 9.38. The topological polar surface area (TPSA) is 43.4 Å². The van der Waals surface area contributed by atoms with Crippen LogP contribution < -0.4 is 0 Å². The third-order valence-corrected chi connectivity index (χ3v) is 6.51. The molecule has 0 aliphatic heterocycles. The highest BCUT2D eigenvalue weighted by molar-refractivity contribution is 7.86. The molecule has 162 valence electrons. The van der Waals surface area contributed by atoms with Gasteiger partial charge in [0.25, 0.3) is 10.1 Å². The van der Waals surface area contributed by atoms with Gasteiger partial charge in [-0.1, -0.05) is 86.1 Å². The van der Waals surface area contributed by atoms with E-state index in [1.54, 1.807) is 26.0 Å². The molecule has 0 amide bonds. The van der Waals surface area contributed by atoms with E-state index in [0.29, 0.717) is 0 Å². The number of unbranched alkanes of at least 4 members (excludes halogenated alkanes) is 1. The van der Waals surface area contributed by atoms with Crippen LogP contribution >= 0.6 is 0 Å². The number of hydrogen-bond donors (Lipinski definition) is 0. The maximum Gasteiger partial charge on any atom is 0.297 e. The minimum absolute atomic E-state index is 0.181. The van der Waals surface area contributed by atoms with E-state index >= 15 is 0 Å². The summed E-state index contributed by atoms with van der Waals surface area (Å²) in [4.78, 5) is 0.181. The van der Waals surface area contributed by atoms with Crippen LogP contribution in [0.1, 0.15) is 56.7 Å². The average molecular weight is 435 g/mol. The Morgan fingerprint density at radius 3 is 1.74 bits per heavy atom. The van der Waals surface area contributed by atoms with Gasteiger partial charge in [0.15, 0.2) is 0 Å². The van der Waals surface area contributed by atoms with Gasteiger partial charge in [0.05, 0.1) is 11.0 Å². The summed E-state index contributed by atoms with van der Waals surface area (Å²) in [7, 11) is -3.76. The molecule has 31 heavy (non-hydrogen) atoms. The zero-order valence-electron chi connectivity index (χ0n) is 18.4. The van der Waals surface area contributed by atoms with Crippen molar-refractivity contribution in [1.29, 1.82) is 0 Å². The summed E-state index contributed by atoms with van der Waals surface area (Å²) in [5.74, 6) is 0. The van der Waals surface area contributed by atoms with Crippen molar-refractivity contribution in [3.8, 4) is 0 Å². The molecule has 0 N–H and O–H groups in total. The first-order chi connectivity index (χ1) is 14.9. The van der Waals surface area contributed by atoms with Gasteiger partial charge in [-0.15, -0.1) is 0 Å². The molecule has 0 aliphatic carbocycles. The summed E-state index contributed by atoms with van der Waals surface area (Å²) in [5, 5.41) is 0. The SMILES string of the molecule is CCCCC(=C(c1ccccc1)c1ccccc1)c1ccc(S(=O)(=O)OC(C)C)cc1. The smallest absolute Gasteiger partial charge is 0.264 e. The highest BCUT2D eigenvalue weighted by atomic mass is 32.2. The van der Waals surface area contributed by atoms with Crippen molar-refractivity contribution >= 4 is 21.3 Å². The van der Waals surface area contributed by atoms with E-state index in [2.05, 4.69) is 55.5 Å². The molecular weight excluding hydrogens is 404 g/mol. The summed E-state index contributed by atoms with van der Waals surface area (Å²) in [6.07, 6.45) is 2.64. The van der Waals surface area contributed by atoms with Gasteiger partial charge < -0.3 is 0 Å². The molecule has 0 heterocycles. The fourth-order valence-corrected chi connectivity index (χ4v) is 4.71. The molecule has 0 fully saturated rings. The summed E-state index contributed by atoms with van der Waals surface area (Å²) in [5.41, 5.74) is 5.73. The third-order valence-electron chi connectivity index (χ3n) is 5.02. The fraction of sp³-hybridized carbons (Fsp3) is 0.259. The van der Waals surface area contributed by atoms with Gasteiger partial charge in [0.2, 0.25) is 0 Å². The predicted molar refractivity (Wildman–Crippen MR) is 128 cm³/mol. The molecule has 0 aromatic heterocycles. The summed E-state index contributed by atoms with van der Waals surface area (Å²) in [6, 6.07) is 27.8. The quantitative estimate of drug-likeness (QED) is 0.270. The second-order valence-electron chi connectivity index (χ2n) is 7.81. The van der Waals surface area contributed by atoms with Crippen LogP contribution in [0, 0.1) is 0 Å². The average Bonchev–Trinajstić information content (AvgIpc) is 2.77. The first kappa shape index (κ1) is 23.0. The highest BCUT2D eigenvalue weighted by Crippen LogP contribution is 2.35. The lowest BCUT2D eigenvalue weighted by molar-refractivity contribution is 0.249. The summed E-state index contributed by atoms with van der Waals surface area (Å²) in [6.45, 7) is 5.61. The Labute approximate surface area is 186 Å². The Kier molecular flexibility index (Phi) is 7.83. The zero-order valence-corrected chi connectivity index (χ0v) is 19.2. The molecule has 3 nitrogen and oxygen atoms in total. The van der Waals surface area contributed by atoms with E-state index in [9.17, 15) is 8.42 Å². The second kappa shape index (κ2) is 10.6. The zero-order chi connectivity index (χ0) is 22.3. The van der Waals surface area contributed by atoms with Crippen LogP contribution in [0.4, 0.5) is 0 Å². The number of allylic oxidation sites excluding steroid dienone is 1. The first-order valence-corrected chi connectivity index (χ1v) is 12.2. The van der Waals surface area contributed by atoms with Gasteiger partial charge in [-0.3, -0.25) is 4.18 Å². The molecule has 0 atom stereocenters. The van der Waals surface area contributed by atoms with E-state index in [-0.39, 0.29) is 4.90 Å². The normalized spacial score (nSPS) is 11.5. The van der Waals surface area contributed by atoms with Crippen LogP contribution in [-0.4, -0.2) is 14.5 Å². The van der Waals surface area contributed by atoms with Gasteiger partial charge in [-0.25, -0.2) is 0 Å². The van der Waals surface area contributed by atoms with Crippen molar-refractivity contribution in [2.24, 2.45) is 0 Å². The fourth-order valence-electron chi connectivity index (χ4n) is 3.62. The van der Waals surface area contributed by atoms with Gasteiger partial charge >= 0.3 is 0 Å². The van der Waals surface area contributed by atoms with E-state index in [1.165, 1.54) is 11.1 Å². The Balaban J connectivity index is 2.16. The largest absolute Gasteiger partial charge is 0.297 e. The first-order valence-electron chi connectivity index (χ1n) is 10.8. The summed E-state index contributed by atoms with van der Waals surface area (Å²) >= 11 is 0. The van der Waals surface area contributed by atoms with E-state index in [1.807, 2.05) is 24.3 Å². The maximum atomic E-state index is 12.4. The minimum Gasteiger partial charge on any atom is -0.264 e. The number of benzene rings is 3. The maximum absolute atomic E-state index is 12.4. The molecule has 3 rings (SSSR count). The van der Waals surface area contributed by atoms with Crippen molar-refractivity contribution in [3.63, 3.8) is 0 Å². The molecular formula is C27H30O3S. The van der Waals surface area contributed by atoms with Crippen molar-refractivity contribution in [1.82, 2.24) is 0 Å². The van der Waals surface area contributed by atoms with Gasteiger partial charge in [0, 0.05) is 0 Å². The Morgan fingerprint density at radius 2 is 1.29 bits per heavy atom. The number of hydrogen-bond acceptors (Lipinski definition) is 3. The van der Waals surface area contributed by atoms with Crippen LogP contribution in [0.3, 0.4) is 0 Å². The van der Waals surface area contributed by atoms with Gasteiger partial charge in [-0.2, -0.15) is 8.42 Å². The van der Waals surface area contributed by atoms with E-state index in [0.717, 1.165) is 36.0 Å². The van der Waals surface area contributed by atoms with Crippen molar-refractivity contribution in [2.75, 3.05) is 0 Å². The lowest BCUT2D eigenvalue weighted by Gasteiger charge is -2.18. The molecule has 3 aromatic carbocycles. The van der Waals surface area contributed by atoms with Crippen LogP contribution in [-0.2, 0) is 14.3 Å². The van der Waals surface area contributed by atoms with Gasteiger partial charge in [0.1, 0.15) is 0 Å². The van der Waals surface area contributed by atoms with Crippen LogP contribution in [0.25, 0.3) is 11.1 Å². The van der Waals surface area contributed by atoms with Crippen LogP contribution in [0.5, 0.6) is 0 Å². The summed E-state index contributed by atoms with van der Waals surface area (Å²) < 4.78 is 30.0. The third kappa shape index (κ3) is 5.93. The van der Waals surface area contributed by atoms with E-state index in [4.69, 9.17) is 4.18 Å².